The van der Waals surface area contributed by atoms with Crippen LogP contribution in [0.2, 0.25) is 0 Å². The predicted molar refractivity (Wildman–Crippen MR) is 63.9 cm³/mol. The molecule has 1 rings (SSSR count). The summed E-state index contributed by atoms with van der Waals surface area (Å²) in [5, 5.41) is 3.33. The van der Waals surface area contributed by atoms with Gasteiger partial charge in [-0.25, -0.2) is 4.39 Å². The first-order valence-electron chi connectivity index (χ1n) is 5.69. The van der Waals surface area contributed by atoms with Gasteiger partial charge >= 0.3 is 0 Å². The van der Waals surface area contributed by atoms with Gasteiger partial charge in [-0.2, -0.15) is 0 Å². The highest BCUT2D eigenvalue weighted by atomic mass is 19.1. The fourth-order valence-electron chi connectivity index (χ4n) is 1.46. The van der Waals surface area contributed by atoms with Gasteiger partial charge in [-0.15, -0.1) is 0 Å². The van der Waals surface area contributed by atoms with Crippen LogP contribution in [0.3, 0.4) is 0 Å². The minimum Gasteiger partial charge on any atom is -0.380 e. The molecule has 1 N–H and O–H groups in total. The van der Waals surface area contributed by atoms with E-state index in [1.807, 2.05) is 19.1 Å². The van der Waals surface area contributed by atoms with Crippen LogP contribution in [0.15, 0.2) is 18.2 Å². The minimum atomic E-state index is -0.147. The van der Waals surface area contributed by atoms with Crippen molar-refractivity contribution in [2.45, 2.75) is 33.4 Å². The number of hydrogen-bond acceptors (Lipinski definition) is 2. The Morgan fingerprint density at radius 3 is 2.81 bits per heavy atom. The maximum Gasteiger partial charge on any atom is 0.126 e. The first kappa shape index (κ1) is 13.1. The molecule has 0 aliphatic carbocycles. The van der Waals surface area contributed by atoms with Gasteiger partial charge in [0.05, 0.1) is 6.61 Å². The summed E-state index contributed by atoms with van der Waals surface area (Å²) < 4.78 is 18.3. The number of hydrogen-bond donors (Lipinski definition) is 1. The molecule has 0 saturated carbocycles. The summed E-state index contributed by atoms with van der Waals surface area (Å²) in [6.45, 7) is 8.03. The van der Waals surface area contributed by atoms with Crippen molar-refractivity contribution in [3.05, 3.63) is 35.1 Å². The zero-order valence-corrected chi connectivity index (χ0v) is 10.2. The van der Waals surface area contributed by atoms with Crippen molar-refractivity contribution < 1.29 is 9.13 Å². The van der Waals surface area contributed by atoms with Crippen molar-refractivity contribution in [1.29, 1.82) is 0 Å². The molecule has 2 nitrogen and oxygen atoms in total. The third-order valence-electron chi connectivity index (χ3n) is 2.45. The quantitative estimate of drug-likeness (QED) is 0.803. The third kappa shape index (κ3) is 4.29. The monoisotopic (exact) mass is 225 g/mol. The van der Waals surface area contributed by atoms with Crippen LogP contribution in [0, 0.1) is 12.7 Å². The highest BCUT2D eigenvalue weighted by molar-refractivity contribution is 5.23. The van der Waals surface area contributed by atoms with E-state index in [1.165, 1.54) is 6.07 Å². The van der Waals surface area contributed by atoms with Gasteiger partial charge in [0.15, 0.2) is 0 Å². The second kappa shape index (κ2) is 6.61. The molecule has 0 aliphatic heterocycles. The maximum absolute atomic E-state index is 13.0. The molecule has 3 heteroatoms. The lowest BCUT2D eigenvalue weighted by Gasteiger charge is -2.13. The molecule has 0 aliphatic rings. The van der Waals surface area contributed by atoms with Gasteiger partial charge in [-0.1, -0.05) is 12.1 Å². The molecule has 1 aromatic carbocycles. The van der Waals surface area contributed by atoms with E-state index in [0.717, 1.165) is 18.7 Å². The van der Waals surface area contributed by atoms with E-state index in [9.17, 15) is 4.39 Å². The first-order valence-corrected chi connectivity index (χ1v) is 5.69. The molecule has 0 fully saturated rings. The lowest BCUT2D eigenvalue weighted by atomic mass is 10.1. The van der Waals surface area contributed by atoms with E-state index < -0.39 is 0 Å². The van der Waals surface area contributed by atoms with Gasteiger partial charge in [0.2, 0.25) is 0 Å². The Hall–Kier alpha value is -0.930. The van der Waals surface area contributed by atoms with Crippen molar-refractivity contribution in [2.75, 3.05) is 13.2 Å². The van der Waals surface area contributed by atoms with E-state index in [4.69, 9.17) is 4.74 Å². The molecule has 16 heavy (non-hydrogen) atoms. The molecular formula is C13H20FNO. The topological polar surface area (TPSA) is 21.3 Å². The molecule has 1 unspecified atom stereocenters. The molecule has 0 heterocycles. The molecule has 0 radical (unpaired) electrons. The van der Waals surface area contributed by atoms with Gasteiger partial charge in [0, 0.05) is 19.2 Å². The zero-order valence-electron chi connectivity index (χ0n) is 10.2. The number of halogens is 1. The molecule has 0 saturated heterocycles. The molecule has 90 valence electrons. The summed E-state index contributed by atoms with van der Waals surface area (Å²) in [4.78, 5) is 0. The maximum atomic E-state index is 13.0. The first-order chi connectivity index (χ1) is 7.63. The van der Waals surface area contributed by atoms with Crippen molar-refractivity contribution in [3.8, 4) is 0 Å². The largest absolute Gasteiger partial charge is 0.380 e. The molecule has 0 amide bonds. The Kier molecular flexibility index (Phi) is 5.43. The second-order valence-electron chi connectivity index (χ2n) is 4.02. The van der Waals surface area contributed by atoms with Crippen molar-refractivity contribution in [2.24, 2.45) is 0 Å². The van der Waals surface area contributed by atoms with Crippen molar-refractivity contribution in [3.63, 3.8) is 0 Å². The van der Waals surface area contributed by atoms with Gasteiger partial charge in [-0.05, 0) is 38.0 Å². The highest BCUT2D eigenvalue weighted by Gasteiger charge is 2.02. The van der Waals surface area contributed by atoms with Crippen LogP contribution in [0.1, 0.15) is 25.0 Å². The van der Waals surface area contributed by atoms with Gasteiger partial charge in [-0.3, -0.25) is 0 Å². The summed E-state index contributed by atoms with van der Waals surface area (Å²) in [5.74, 6) is -0.147. The fourth-order valence-corrected chi connectivity index (χ4v) is 1.46. The van der Waals surface area contributed by atoms with Crippen LogP contribution >= 0.6 is 0 Å². The summed E-state index contributed by atoms with van der Waals surface area (Å²) in [6, 6.07) is 5.50. The predicted octanol–water partition coefficient (Wildman–Crippen LogP) is 2.65. The van der Waals surface area contributed by atoms with Crippen LogP contribution in [-0.4, -0.2) is 19.3 Å². The summed E-state index contributed by atoms with van der Waals surface area (Å²) >= 11 is 0. The number of ether oxygens (including phenoxy) is 1. The van der Waals surface area contributed by atoms with Crippen LogP contribution < -0.4 is 5.32 Å². The minimum absolute atomic E-state index is 0.147. The second-order valence-corrected chi connectivity index (χ2v) is 4.02. The number of rotatable bonds is 6. The van der Waals surface area contributed by atoms with Crippen LogP contribution in [0.5, 0.6) is 0 Å². The van der Waals surface area contributed by atoms with E-state index in [1.54, 1.807) is 6.92 Å². The van der Waals surface area contributed by atoms with Crippen LogP contribution in [0.25, 0.3) is 0 Å². The Labute approximate surface area is 96.8 Å². The number of nitrogens with one attached hydrogen (secondary N) is 1. The SMILES string of the molecule is CCOCC(C)NCc1ccc(F)c(C)c1. The Morgan fingerprint density at radius 1 is 1.44 bits per heavy atom. The van der Waals surface area contributed by atoms with E-state index in [2.05, 4.69) is 12.2 Å². The zero-order chi connectivity index (χ0) is 12.0. The lowest BCUT2D eigenvalue weighted by molar-refractivity contribution is 0.127. The highest BCUT2D eigenvalue weighted by Crippen LogP contribution is 2.09. The summed E-state index contributed by atoms with van der Waals surface area (Å²) in [6.07, 6.45) is 0. The van der Waals surface area contributed by atoms with Gasteiger partial charge in [0.25, 0.3) is 0 Å². The summed E-state index contributed by atoms with van der Waals surface area (Å²) in [5.41, 5.74) is 1.79. The molecule has 1 atom stereocenters. The van der Waals surface area contributed by atoms with Crippen LogP contribution in [-0.2, 0) is 11.3 Å². The van der Waals surface area contributed by atoms with Crippen molar-refractivity contribution >= 4 is 0 Å². The van der Waals surface area contributed by atoms with E-state index in [-0.39, 0.29) is 5.82 Å². The Morgan fingerprint density at radius 2 is 2.19 bits per heavy atom. The molecule has 0 bridgehead atoms. The van der Waals surface area contributed by atoms with E-state index in [0.29, 0.717) is 18.2 Å². The average molecular weight is 225 g/mol. The molecule has 0 aromatic heterocycles. The fraction of sp³-hybridized carbons (Fsp3) is 0.538. The lowest BCUT2D eigenvalue weighted by Crippen LogP contribution is -2.30. The Bertz CT molecular complexity index is 328. The summed E-state index contributed by atoms with van der Waals surface area (Å²) in [7, 11) is 0. The normalized spacial score (nSPS) is 12.8. The number of benzene rings is 1. The smallest absolute Gasteiger partial charge is 0.126 e. The van der Waals surface area contributed by atoms with E-state index >= 15 is 0 Å². The van der Waals surface area contributed by atoms with Gasteiger partial charge in [0.1, 0.15) is 5.82 Å². The van der Waals surface area contributed by atoms with Crippen LogP contribution in [0.4, 0.5) is 4.39 Å². The number of aryl methyl sites for hydroxylation is 1. The Balaban J connectivity index is 2.39. The van der Waals surface area contributed by atoms with Crippen molar-refractivity contribution in [1.82, 2.24) is 5.32 Å². The molecule has 1 aromatic rings. The molecular weight excluding hydrogens is 205 g/mol. The standard InChI is InChI=1S/C13H20FNO/c1-4-16-9-11(3)15-8-12-5-6-13(14)10(2)7-12/h5-7,11,15H,4,8-9H2,1-3H3. The molecule has 0 spiro atoms. The van der Waals surface area contributed by atoms with Gasteiger partial charge < -0.3 is 10.1 Å². The average Bonchev–Trinajstić information content (AvgIpc) is 2.28. The third-order valence-corrected chi connectivity index (χ3v) is 2.45.